The smallest absolute Gasteiger partial charge is 0.220 e. The maximum Gasteiger partial charge on any atom is 0.220 e. The van der Waals surface area contributed by atoms with Gasteiger partial charge in [-0.1, -0.05) is 13.8 Å². The van der Waals surface area contributed by atoms with Gasteiger partial charge < -0.3 is 19.7 Å². The highest BCUT2D eigenvalue weighted by Crippen LogP contribution is 2.20. The van der Waals surface area contributed by atoms with Crippen molar-refractivity contribution >= 4 is 5.91 Å². The lowest BCUT2D eigenvalue weighted by molar-refractivity contribution is -0.121. The lowest BCUT2D eigenvalue weighted by atomic mass is 9.92. The Bertz CT molecular complexity index is 523. The first-order valence-electron chi connectivity index (χ1n) is 9.82. The molecule has 146 valence electrons. The van der Waals surface area contributed by atoms with Crippen LogP contribution in [-0.4, -0.2) is 50.7 Å². The minimum absolute atomic E-state index is 0.115. The van der Waals surface area contributed by atoms with E-state index in [1.54, 1.807) is 7.11 Å². The standard InChI is InChI=1S/C21H34N2O3/c1-17-14-18(2)16-23(15-17)12-5-11-22-21(24)6-4-13-26-20-9-7-19(25-3)8-10-20/h7-10,17-18H,4-6,11-16H2,1-3H3,(H,22,24). The minimum atomic E-state index is 0.115. The summed E-state index contributed by atoms with van der Waals surface area (Å²) in [7, 11) is 1.64. The Hall–Kier alpha value is -1.75. The molecule has 0 aliphatic carbocycles. The Balaban J connectivity index is 1.49. The molecule has 5 heteroatoms. The number of nitrogens with zero attached hydrogens (tertiary/aromatic N) is 1. The zero-order valence-electron chi connectivity index (χ0n) is 16.5. The van der Waals surface area contributed by atoms with Crippen molar-refractivity contribution in [1.29, 1.82) is 0 Å². The third-order valence-electron chi connectivity index (χ3n) is 4.79. The van der Waals surface area contributed by atoms with E-state index >= 15 is 0 Å². The Labute approximate surface area is 158 Å². The Morgan fingerprint density at radius 3 is 2.42 bits per heavy atom. The molecule has 26 heavy (non-hydrogen) atoms. The highest BCUT2D eigenvalue weighted by Gasteiger charge is 2.20. The van der Waals surface area contributed by atoms with Crippen LogP contribution in [0.5, 0.6) is 11.5 Å². The van der Waals surface area contributed by atoms with E-state index in [1.165, 1.54) is 19.5 Å². The normalized spacial score (nSPS) is 20.6. The number of nitrogens with one attached hydrogen (secondary N) is 1. The quantitative estimate of drug-likeness (QED) is 0.649. The maximum atomic E-state index is 11.9. The summed E-state index contributed by atoms with van der Waals surface area (Å²) in [6.07, 6.45) is 3.59. The zero-order chi connectivity index (χ0) is 18.8. The van der Waals surface area contributed by atoms with E-state index in [4.69, 9.17) is 9.47 Å². The number of rotatable bonds is 10. The minimum Gasteiger partial charge on any atom is -0.497 e. The van der Waals surface area contributed by atoms with Crippen LogP contribution in [0.25, 0.3) is 0 Å². The molecule has 0 spiro atoms. The van der Waals surface area contributed by atoms with Gasteiger partial charge in [0.15, 0.2) is 0 Å². The van der Waals surface area contributed by atoms with Gasteiger partial charge in [-0.05, 0) is 61.9 Å². The third kappa shape index (κ3) is 7.65. The summed E-state index contributed by atoms with van der Waals surface area (Å²) in [5, 5.41) is 3.02. The molecule has 2 rings (SSSR count). The molecule has 1 aliphatic heterocycles. The van der Waals surface area contributed by atoms with Crippen molar-refractivity contribution in [3.8, 4) is 11.5 Å². The molecule has 5 nitrogen and oxygen atoms in total. The molecule has 1 aliphatic rings. The summed E-state index contributed by atoms with van der Waals surface area (Å²) in [5.74, 6) is 3.31. The average molecular weight is 363 g/mol. The van der Waals surface area contributed by atoms with E-state index in [1.807, 2.05) is 24.3 Å². The highest BCUT2D eigenvalue weighted by molar-refractivity contribution is 5.75. The number of amides is 1. The van der Waals surface area contributed by atoms with Crippen LogP contribution < -0.4 is 14.8 Å². The zero-order valence-corrected chi connectivity index (χ0v) is 16.5. The predicted octanol–water partition coefficient (Wildman–Crippen LogP) is 3.34. The largest absolute Gasteiger partial charge is 0.497 e. The fourth-order valence-electron chi connectivity index (χ4n) is 3.69. The maximum absolute atomic E-state index is 11.9. The second-order valence-electron chi connectivity index (χ2n) is 7.54. The molecule has 1 aromatic rings. The first kappa shape index (κ1) is 20.6. The number of carbonyl (C=O) groups is 1. The first-order chi connectivity index (χ1) is 12.6. The van der Waals surface area contributed by atoms with Crippen molar-refractivity contribution in [3.05, 3.63) is 24.3 Å². The molecule has 0 saturated carbocycles. The summed E-state index contributed by atoms with van der Waals surface area (Å²) in [6.45, 7) is 9.44. The van der Waals surface area contributed by atoms with Crippen LogP contribution in [0.15, 0.2) is 24.3 Å². The first-order valence-corrected chi connectivity index (χ1v) is 9.82. The SMILES string of the molecule is COc1ccc(OCCCC(=O)NCCCN2CC(C)CC(C)C2)cc1. The Morgan fingerprint density at radius 2 is 1.77 bits per heavy atom. The average Bonchev–Trinajstić information content (AvgIpc) is 2.62. The number of hydrogen-bond acceptors (Lipinski definition) is 4. The summed E-state index contributed by atoms with van der Waals surface area (Å²) < 4.78 is 10.7. The number of methoxy groups -OCH3 is 1. The molecule has 1 aromatic carbocycles. The summed E-state index contributed by atoms with van der Waals surface area (Å²) >= 11 is 0. The number of benzene rings is 1. The van der Waals surface area contributed by atoms with Gasteiger partial charge in [0.1, 0.15) is 11.5 Å². The fourth-order valence-corrected chi connectivity index (χ4v) is 3.69. The van der Waals surface area contributed by atoms with Crippen LogP contribution >= 0.6 is 0 Å². The number of likely N-dealkylation sites (tertiary alicyclic amines) is 1. The molecule has 2 atom stereocenters. The van der Waals surface area contributed by atoms with E-state index < -0.39 is 0 Å². The topological polar surface area (TPSA) is 50.8 Å². The van der Waals surface area contributed by atoms with Crippen molar-refractivity contribution in [2.24, 2.45) is 11.8 Å². The van der Waals surface area contributed by atoms with Crippen LogP contribution in [-0.2, 0) is 4.79 Å². The van der Waals surface area contributed by atoms with Crippen molar-refractivity contribution in [1.82, 2.24) is 10.2 Å². The molecule has 0 radical (unpaired) electrons. The highest BCUT2D eigenvalue weighted by atomic mass is 16.5. The van der Waals surface area contributed by atoms with Gasteiger partial charge in [-0.25, -0.2) is 0 Å². The van der Waals surface area contributed by atoms with Crippen molar-refractivity contribution in [3.63, 3.8) is 0 Å². The van der Waals surface area contributed by atoms with E-state index in [2.05, 4.69) is 24.1 Å². The summed E-state index contributed by atoms with van der Waals surface area (Å²) in [4.78, 5) is 14.4. The second kappa shape index (κ2) is 11.1. The molecular formula is C21H34N2O3. The Kier molecular flexibility index (Phi) is 8.75. The van der Waals surface area contributed by atoms with Crippen molar-refractivity contribution in [2.45, 2.75) is 39.5 Å². The van der Waals surface area contributed by atoms with Crippen molar-refractivity contribution in [2.75, 3.05) is 39.9 Å². The lowest BCUT2D eigenvalue weighted by Crippen LogP contribution is -2.40. The molecule has 1 heterocycles. The molecule has 1 amide bonds. The monoisotopic (exact) mass is 362 g/mol. The molecule has 1 N–H and O–H groups in total. The van der Waals surface area contributed by atoms with Gasteiger partial charge in [-0.3, -0.25) is 4.79 Å². The Morgan fingerprint density at radius 1 is 1.12 bits per heavy atom. The number of hydrogen-bond donors (Lipinski definition) is 1. The van der Waals surface area contributed by atoms with E-state index in [9.17, 15) is 4.79 Å². The predicted molar refractivity (Wildman–Crippen MR) is 105 cm³/mol. The van der Waals surface area contributed by atoms with Crippen molar-refractivity contribution < 1.29 is 14.3 Å². The number of ether oxygens (including phenoxy) is 2. The number of carbonyl (C=O) groups excluding carboxylic acids is 1. The van der Waals surface area contributed by atoms with Crippen LogP contribution in [0.4, 0.5) is 0 Å². The lowest BCUT2D eigenvalue weighted by Gasteiger charge is -2.34. The van der Waals surface area contributed by atoms with Crippen LogP contribution in [0.3, 0.4) is 0 Å². The molecule has 1 fully saturated rings. The number of piperidine rings is 1. The molecule has 1 saturated heterocycles. The van der Waals surface area contributed by atoms with Gasteiger partial charge in [0.25, 0.3) is 0 Å². The van der Waals surface area contributed by atoms with E-state index in [0.29, 0.717) is 13.0 Å². The molecule has 0 aromatic heterocycles. The fraction of sp³-hybridized carbons (Fsp3) is 0.667. The van der Waals surface area contributed by atoms with Crippen LogP contribution in [0, 0.1) is 11.8 Å². The van der Waals surface area contributed by atoms with Crippen LogP contribution in [0.2, 0.25) is 0 Å². The van der Waals surface area contributed by atoms with Gasteiger partial charge in [0.05, 0.1) is 13.7 Å². The van der Waals surface area contributed by atoms with Gasteiger partial charge in [-0.15, -0.1) is 0 Å². The second-order valence-corrected chi connectivity index (χ2v) is 7.54. The third-order valence-corrected chi connectivity index (χ3v) is 4.79. The van der Waals surface area contributed by atoms with Crippen LogP contribution in [0.1, 0.15) is 39.5 Å². The van der Waals surface area contributed by atoms with Gasteiger partial charge in [0, 0.05) is 26.1 Å². The van der Waals surface area contributed by atoms with E-state index in [0.717, 1.165) is 49.3 Å². The van der Waals surface area contributed by atoms with Gasteiger partial charge in [-0.2, -0.15) is 0 Å². The molecule has 2 unspecified atom stereocenters. The summed E-state index contributed by atoms with van der Waals surface area (Å²) in [6, 6.07) is 7.49. The molecule has 0 bridgehead atoms. The summed E-state index contributed by atoms with van der Waals surface area (Å²) in [5.41, 5.74) is 0. The van der Waals surface area contributed by atoms with Gasteiger partial charge >= 0.3 is 0 Å². The van der Waals surface area contributed by atoms with E-state index in [-0.39, 0.29) is 5.91 Å². The van der Waals surface area contributed by atoms with Gasteiger partial charge in [0.2, 0.25) is 5.91 Å². The molecular weight excluding hydrogens is 328 g/mol.